The Hall–Kier alpha value is -5.29. The van der Waals surface area contributed by atoms with Crippen LogP contribution in [0.5, 0.6) is 23.0 Å². The zero-order valence-electron chi connectivity index (χ0n) is 18.5. The number of esters is 2. The highest BCUT2D eigenvalue weighted by atomic mass is 16.7. The zero-order valence-corrected chi connectivity index (χ0v) is 18.5. The lowest BCUT2D eigenvalue weighted by Crippen LogP contribution is -2.21. The zero-order chi connectivity index (χ0) is 25.5. The van der Waals surface area contributed by atoms with E-state index in [2.05, 4.69) is 0 Å². The van der Waals surface area contributed by atoms with Crippen molar-refractivity contribution in [1.29, 1.82) is 10.5 Å². The van der Waals surface area contributed by atoms with Gasteiger partial charge >= 0.3 is 11.9 Å². The smallest absolute Gasteiger partial charge is 0.349 e. The number of ether oxygens (including phenoxy) is 6. The second-order valence-corrected chi connectivity index (χ2v) is 7.26. The van der Waals surface area contributed by atoms with Gasteiger partial charge in [0.1, 0.15) is 23.3 Å². The van der Waals surface area contributed by atoms with Crippen molar-refractivity contribution in [3.63, 3.8) is 0 Å². The van der Waals surface area contributed by atoms with Gasteiger partial charge in [0.15, 0.2) is 36.2 Å². The van der Waals surface area contributed by atoms with Crippen molar-refractivity contribution < 1.29 is 42.8 Å². The molecule has 0 fully saturated rings. The Balaban J connectivity index is 1.29. The van der Waals surface area contributed by atoms with Crippen molar-refractivity contribution in [1.82, 2.24) is 0 Å². The lowest BCUT2D eigenvalue weighted by Gasteiger charge is -2.05. The second-order valence-electron chi connectivity index (χ2n) is 7.26. The van der Waals surface area contributed by atoms with Crippen LogP contribution in [-0.4, -0.2) is 44.5 Å². The Morgan fingerprint density at radius 3 is 1.56 bits per heavy atom. The number of benzene rings is 2. The molecular formula is C25H16N2O9. The highest BCUT2D eigenvalue weighted by Crippen LogP contribution is 2.34. The molecule has 0 N–H and O–H groups in total. The topological polar surface area (TPSA) is 154 Å². The van der Waals surface area contributed by atoms with Gasteiger partial charge in [0.05, 0.1) is 0 Å². The van der Waals surface area contributed by atoms with Crippen LogP contribution in [0.4, 0.5) is 0 Å². The predicted molar refractivity (Wildman–Crippen MR) is 119 cm³/mol. The number of carbonyl (C=O) groups excluding carboxylic acids is 3. The maximum Gasteiger partial charge on any atom is 0.349 e. The van der Waals surface area contributed by atoms with Crippen LogP contribution in [0.15, 0.2) is 47.5 Å². The van der Waals surface area contributed by atoms with E-state index in [4.69, 9.17) is 28.4 Å². The molecule has 2 aliphatic rings. The molecule has 11 heteroatoms. The molecule has 4 rings (SSSR count). The summed E-state index contributed by atoms with van der Waals surface area (Å²) in [5, 5.41) is 18.5. The van der Waals surface area contributed by atoms with E-state index < -0.39 is 30.9 Å². The summed E-state index contributed by atoms with van der Waals surface area (Å²) < 4.78 is 30.6. The average molecular weight is 488 g/mol. The third-order valence-electron chi connectivity index (χ3n) is 4.82. The van der Waals surface area contributed by atoms with E-state index in [9.17, 15) is 24.9 Å². The lowest BCUT2D eigenvalue weighted by molar-refractivity contribution is -0.149. The Bertz CT molecular complexity index is 1280. The van der Waals surface area contributed by atoms with E-state index in [0.717, 1.165) is 0 Å². The molecule has 36 heavy (non-hydrogen) atoms. The van der Waals surface area contributed by atoms with Gasteiger partial charge in [-0.15, -0.1) is 0 Å². The van der Waals surface area contributed by atoms with E-state index in [-0.39, 0.29) is 24.7 Å². The minimum atomic E-state index is -1.03. The van der Waals surface area contributed by atoms with Gasteiger partial charge in [0.2, 0.25) is 19.4 Å². The summed E-state index contributed by atoms with van der Waals surface area (Å²) in [6.45, 7) is -1.32. The minimum absolute atomic E-state index is 0.0758. The highest BCUT2D eigenvalue weighted by molar-refractivity contribution is 6.00. The van der Waals surface area contributed by atoms with Gasteiger partial charge in [-0.1, -0.05) is 12.1 Å². The molecule has 0 aliphatic carbocycles. The molecule has 0 spiro atoms. The molecule has 0 saturated heterocycles. The van der Waals surface area contributed by atoms with Gasteiger partial charge < -0.3 is 28.4 Å². The molecule has 0 atom stereocenters. The number of ketones is 1. The largest absolute Gasteiger partial charge is 0.454 e. The first-order chi connectivity index (χ1) is 17.5. The van der Waals surface area contributed by atoms with E-state index in [1.807, 2.05) is 0 Å². The molecule has 0 unspecified atom stereocenters. The Morgan fingerprint density at radius 2 is 1.14 bits per heavy atom. The summed E-state index contributed by atoms with van der Waals surface area (Å²) >= 11 is 0. The van der Waals surface area contributed by atoms with Crippen LogP contribution >= 0.6 is 0 Å². The molecule has 0 amide bonds. The number of carbonyl (C=O) groups is 3. The molecule has 11 nitrogen and oxygen atoms in total. The van der Waals surface area contributed by atoms with E-state index >= 15 is 0 Å². The molecule has 0 aromatic heterocycles. The molecule has 0 saturated carbocycles. The first kappa shape index (κ1) is 23.9. The molecule has 0 radical (unpaired) electrons. The summed E-state index contributed by atoms with van der Waals surface area (Å²) in [6.07, 6.45) is 2.55. The van der Waals surface area contributed by atoms with Crippen molar-refractivity contribution in [2.45, 2.75) is 0 Å². The first-order valence-electron chi connectivity index (χ1n) is 10.4. The number of Topliss-reactive ketones (excluding diaryl/α,β-unsaturated/α-hetero) is 1. The summed E-state index contributed by atoms with van der Waals surface area (Å²) in [5.74, 6) is -0.799. The Labute approximate surface area is 204 Å². The fourth-order valence-electron chi connectivity index (χ4n) is 3.10. The maximum absolute atomic E-state index is 12.2. The quantitative estimate of drug-likeness (QED) is 0.305. The van der Waals surface area contributed by atoms with Gasteiger partial charge in [-0.25, -0.2) is 9.59 Å². The molecule has 2 aromatic carbocycles. The van der Waals surface area contributed by atoms with Crippen LogP contribution in [0.3, 0.4) is 0 Å². The van der Waals surface area contributed by atoms with Gasteiger partial charge in [0.25, 0.3) is 0 Å². The first-order valence-corrected chi connectivity index (χ1v) is 10.4. The van der Waals surface area contributed by atoms with Crippen molar-refractivity contribution in [3.05, 3.63) is 58.7 Å². The van der Waals surface area contributed by atoms with E-state index in [0.29, 0.717) is 34.1 Å². The summed E-state index contributed by atoms with van der Waals surface area (Å²) in [4.78, 5) is 36.4. The fourth-order valence-corrected chi connectivity index (χ4v) is 3.10. The Kier molecular flexibility index (Phi) is 7.13. The van der Waals surface area contributed by atoms with Crippen molar-refractivity contribution in [2.75, 3.05) is 26.8 Å². The summed E-state index contributed by atoms with van der Waals surface area (Å²) in [7, 11) is 0. The number of nitriles is 2. The highest BCUT2D eigenvalue weighted by Gasteiger charge is 2.19. The van der Waals surface area contributed by atoms with E-state index in [1.165, 1.54) is 12.2 Å². The van der Waals surface area contributed by atoms with Crippen LogP contribution in [0.1, 0.15) is 11.1 Å². The second kappa shape index (κ2) is 10.8. The van der Waals surface area contributed by atoms with Crippen LogP contribution in [0.2, 0.25) is 0 Å². The maximum atomic E-state index is 12.2. The SMILES string of the molecule is N#C/C(=C/c1ccc2c(c1)OCO2)C(=O)OCC(=O)COC(=O)/C(C#N)=C\c1ccc2c(c1)OCO2. The predicted octanol–water partition coefficient (Wildman–Crippen LogP) is 2.31. The molecule has 0 bridgehead atoms. The average Bonchev–Trinajstić information content (AvgIpc) is 3.56. The number of nitrogens with zero attached hydrogens (tertiary/aromatic N) is 2. The Morgan fingerprint density at radius 1 is 0.722 bits per heavy atom. The van der Waals surface area contributed by atoms with Gasteiger partial charge in [-0.2, -0.15) is 10.5 Å². The van der Waals surface area contributed by atoms with Gasteiger partial charge in [-0.05, 0) is 47.5 Å². The van der Waals surface area contributed by atoms with Crippen LogP contribution in [-0.2, 0) is 23.9 Å². The number of fused-ring (bicyclic) bond motifs is 2. The van der Waals surface area contributed by atoms with Gasteiger partial charge in [0, 0.05) is 0 Å². The molecule has 180 valence electrons. The van der Waals surface area contributed by atoms with Crippen LogP contribution in [0, 0.1) is 22.7 Å². The third-order valence-corrected chi connectivity index (χ3v) is 4.82. The minimum Gasteiger partial charge on any atom is -0.454 e. The number of rotatable bonds is 8. The lowest BCUT2D eigenvalue weighted by atomic mass is 10.1. The molecule has 2 aliphatic heterocycles. The van der Waals surface area contributed by atoms with Gasteiger partial charge in [-0.3, -0.25) is 4.79 Å². The summed E-state index contributed by atoms with van der Waals surface area (Å²) in [6, 6.07) is 13.1. The third kappa shape index (κ3) is 5.61. The standard InChI is InChI=1S/C25H16N2O9/c26-9-17(5-15-1-3-20-22(7-15)35-13-33-20)24(29)31-11-19(28)12-32-25(30)18(10-27)6-16-2-4-21-23(8-16)36-14-34-21/h1-8H,11-14H2/b17-5-,18-6-. The number of hydrogen-bond acceptors (Lipinski definition) is 11. The van der Waals surface area contributed by atoms with Crippen LogP contribution in [0.25, 0.3) is 12.2 Å². The number of hydrogen-bond donors (Lipinski definition) is 0. The van der Waals surface area contributed by atoms with Crippen molar-refractivity contribution in [2.24, 2.45) is 0 Å². The molecular weight excluding hydrogens is 472 g/mol. The van der Waals surface area contributed by atoms with E-state index in [1.54, 1.807) is 48.5 Å². The monoisotopic (exact) mass is 488 g/mol. The van der Waals surface area contributed by atoms with Crippen LogP contribution < -0.4 is 18.9 Å². The van der Waals surface area contributed by atoms with Crippen molar-refractivity contribution in [3.8, 4) is 35.1 Å². The van der Waals surface area contributed by atoms with Crippen molar-refractivity contribution >= 4 is 29.9 Å². The fraction of sp³-hybridized carbons (Fsp3) is 0.160. The molecule has 2 aromatic rings. The molecule has 2 heterocycles. The normalized spacial score (nSPS) is 13.4. The summed E-state index contributed by atoms with van der Waals surface area (Å²) in [5.41, 5.74) is 0.284.